The lowest BCUT2D eigenvalue weighted by Gasteiger charge is -2.03. The summed E-state index contributed by atoms with van der Waals surface area (Å²) in [5, 5.41) is 7.27. The number of carbonyl (C=O) groups is 1. The van der Waals surface area contributed by atoms with Crippen LogP contribution >= 0.6 is 0 Å². The predicted molar refractivity (Wildman–Crippen MR) is 79.2 cm³/mol. The zero-order valence-electron chi connectivity index (χ0n) is 12.2. The second-order valence-corrected chi connectivity index (χ2v) is 4.58. The normalized spacial score (nSPS) is 12.1. The van der Waals surface area contributed by atoms with Crippen LogP contribution in [0.2, 0.25) is 0 Å². The van der Waals surface area contributed by atoms with Gasteiger partial charge in [-0.3, -0.25) is 9.48 Å². The molecule has 0 fully saturated rings. The Morgan fingerprint density at radius 3 is 2.84 bits per heavy atom. The number of allylic oxidation sites excluding steroid dienone is 2. The SMILES string of the molecule is CC/C=C/c1nn(C)cc1/C=C(\C)NC(=O)CCC. The highest BCUT2D eigenvalue weighted by Crippen LogP contribution is 2.12. The summed E-state index contributed by atoms with van der Waals surface area (Å²) < 4.78 is 1.78. The molecule has 0 atom stereocenters. The summed E-state index contributed by atoms with van der Waals surface area (Å²) in [4.78, 5) is 11.5. The summed E-state index contributed by atoms with van der Waals surface area (Å²) in [6.45, 7) is 5.98. The van der Waals surface area contributed by atoms with Crippen molar-refractivity contribution in [3.8, 4) is 0 Å². The van der Waals surface area contributed by atoms with E-state index >= 15 is 0 Å². The lowest BCUT2D eigenvalue weighted by atomic mass is 10.2. The van der Waals surface area contributed by atoms with Crippen LogP contribution in [0.25, 0.3) is 12.2 Å². The van der Waals surface area contributed by atoms with Gasteiger partial charge in [-0.05, 0) is 31.9 Å². The van der Waals surface area contributed by atoms with Crippen molar-refractivity contribution in [1.82, 2.24) is 15.1 Å². The molecule has 104 valence electrons. The van der Waals surface area contributed by atoms with E-state index in [1.54, 1.807) is 4.68 Å². The van der Waals surface area contributed by atoms with E-state index in [9.17, 15) is 4.79 Å². The molecule has 0 aliphatic heterocycles. The Bertz CT molecular complexity index is 484. The minimum Gasteiger partial charge on any atom is -0.330 e. The minimum atomic E-state index is 0.0609. The fraction of sp³-hybridized carbons (Fsp3) is 0.467. The predicted octanol–water partition coefficient (Wildman–Crippen LogP) is 3.12. The van der Waals surface area contributed by atoms with E-state index < -0.39 is 0 Å². The van der Waals surface area contributed by atoms with E-state index in [2.05, 4.69) is 23.4 Å². The molecule has 4 nitrogen and oxygen atoms in total. The van der Waals surface area contributed by atoms with Crippen LogP contribution in [-0.4, -0.2) is 15.7 Å². The van der Waals surface area contributed by atoms with E-state index in [-0.39, 0.29) is 5.91 Å². The van der Waals surface area contributed by atoms with Gasteiger partial charge < -0.3 is 5.32 Å². The summed E-state index contributed by atoms with van der Waals surface area (Å²) in [5.41, 5.74) is 2.78. The molecule has 1 heterocycles. The quantitative estimate of drug-likeness (QED) is 0.855. The van der Waals surface area contributed by atoms with Gasteiger partial charge in [-0.15, -0.1) is 0 Å². The average molecular weight is 261 g/mol. The van der Waals surface area contributed by atoms with Crippen LogP contribution in [0.5, 0.6) is 0 Å². The molecule has 0 unspecified atom stereocenters. The average Bonchev–Trinajstić information content (AvgIpc) is 2.66. The summed E-state index contributed by atoms with van der Waals surface area (Å²) in [5.74, 6) is 0.0609. The van der Waals surface area contributed by atoms with Gasteiger partial charge in [0.15, 0.2) is 0 Å². The molecule has 0 aliphatic carbocycles. The molecular formula is C15H23N3O. The van der Waals surface area contributed by atoms with Gasteiger partial charge >= 0.3 is 0 Å². The molecule has 1 aromatic heterocycles. The van der Waals surface area contributed by atoms with Crippen molar-refractivity contribution in [3.05, 3.63) is 29.2 Å². The second kappa shape index (κ2) is 7.56. The highest BCUT2D eigenvalue weighted by Gasteiger charge is 2.04. The molecule has 0 radical (unpaired) electrons. The third-order valence-corrected chi connectivity index (χ3v) is 2.58. The van der Waals surface area contributed by atoms with Gasteiger partial charge in [-0.1, -0.05) is 19.9 Å². The molecule has 1 N–H and O–H groups in total. The van der Waals surface area contributed by atoms with Crippen molar-refractivity contribution in [1.29, 1.82) is 0 Å². The number of aryl methyl sites for hydroxylation is 1. The zero-order chi connectivity index (χ0) is 14.3. The number of aromatic nitrogens is 2. The maximum atomic E-state index is 11.5. The van der Waals surface area contributed by atoms with E-state index in [4.69, 9.17) is 0 Å². The topological polar surface area (TPSA) is 46.9 Å². The van der Waals surface area contributed by atoms with Crippen LogP contribution in [0.3, 0.4) is 0 Å². The molecule has 0 saturated carbocycles. The number of nitrogens with zero attached hydrogens (tertiary/aromatic N) is 2. The van der Waals surface area contributed by atoms with Gasteiger partial charge in [0.2, 0.25) is 5.91 Å². The molecule has 0 aromatic carbocycles. The van der Waals surface area contributed by atoms with Crippen molar-refractivity contribution < 1.29 is 4.79 Å². The Kier molecular flexibility index (Phi) is 6.06. The number of nitrogens with one attached hydrogen (secondary N) is 1. The van der Waals surface area contributed by atoms with Crippen LogP contribution in [0.4, 0.5) is 0 Å². The van der Waals surface area contributed by atoms with Crippen LogP contribution < -0.4 is 5.32 Å². The van der Waals surface area contributed by atoms with Gasteiger partial charge in [-0.2, -0.15) is 5.10 Å². The number of amides is 1. The lowest BCUT2D eigenvalue weighted by molar-refractivity contribution is -0.120. The molecular weight excluding hydrogens is 238 g/mol. The van der Waals surface area contributed by atoms with Crippen LogP contribution in [0, 0.1) is 0 Å². The number of hydrogen-bond acceptors (Lipinski definition) is 2. The number of rotatable bonds is 6. The molecule has 1 aromatic rings. The smallest absolute Gasteiger partial charge is 0.224 e. The Morgan fingerprint density at radius 2 is 2.21 bits per heavy atom. The molecule has 1 rings (SSSR count). The number of hydrogen-bond donors (Lipinski definition) is 1. The van der Waals surface area contributed by atoms with Crippen molar-refractivity contribution >= 4 is 18.1 Å². The van der Waals surface area contributed by atoms with E-state index in [1.807, 2.05) is 39.2 Å². The van der Waals surface area contributed by atoms with Crippen molar-refractivity contribution in [2.45, 2.75) is 40.0 Å². The molecule has 0 saturated heterocycles. The molecule has 4 heteroatoms. The molecule has 1 amide bonds. The fourth-order valence-electron chi connectivity index (χ4n) is 1.77. The summed E-state index contributed by atoms with van der Waals surface area (Å²) >= 11 is 0. The first kappa shape index (κ1) is 15.2. The van der Waals surface area contributed by atoms with Crippen LogP contribution in [0.15, 0.2) is 18.0 Å². The fourth-order valence-corrected chi connectivity index (χ4v) is 1.77. The summed E-state index contributed by atoms with van der Waals surface area (Å²) in [6, 6.07) is 0. The first-order valence-electron chi connectivity index (χ1n) is 6.75. The maximum Gasteiger partial charge on any atom is 0.224 e. The molecule has 0 aliphatic rings. The van der Waals surface area contributed by atoms with Gasteiger partial charge in [0.05, 0.1) is 5.69 Å². The molecule has 0 spiro atoms. The monoisotopic (exact) mass is 261 g/mol. The first-order chi connectivity index (χ1) is 9.06. The third-order valence-electron chi connectivity index (χ3n) is 2.58. The summed E-state index contributed by atoms with van der Waals surface area (Å²) in [6.07, 6.45) is 10.4. The van der Waals surface area contributed by atoms with Gasteiger partial charge in [0.1, 0.15) is 0 Å². The van der Waals surface area contributed by atoms with Crippen molar-refractivity contribution in [3.63, 3.8) is 0 Å². The zero-order valence-corrected chi connectivity index (χ0v) is 12.2. The van der Waals surface area contributed by atoms with E-state index in [0.717, 1.165) is 29.8 Å². The Labute approximate surface area is 115 Å². The van der Waals surface area contributed by atoms with Crippen molar-refractivity contribution in [2.24, 2.45) is 7.05 Å². The standard InChI is InChI=1S/C15H23N3O/c1-5-7-9-14-13(11-18(4)17-14)10-12(3)16-15(19)8-6-2/h7,9-11H,5-6,8H2,1-4H3,(H,16,19)/b9-7+,12-10+. The van der Waals surface area contributed by atoms with Crippen LogP contribution in [-0.2, 0) is 11.8 Å². The highest BCUT2D eigenvalue weighted by molar-refractivity contribution is 5.79. The van der Waals surface area contributed by atoms with Gasteiger partial charge in [0.25, 0.3) is 0 Å². The minimum absolute atomic E-state index is 0.0609. The van der Waals surface area contributed by atoms with Crippen molar-refractivity contribution in [2.75, 3.05) is 0 Å². The molecule has 0 bridgehead atoms. The Hall–Kier alpha value is -1.84. The number of carbonyl (C=O) groups excluding carboxylic acids is 1. The van der Waals surface area contributed by atoms with Gasteiger partial charge in [0, 0.05) is 30.9 Å². The van der Waals surface area contributed by atoms with E-state index in [1.165, 1.54) is 0 Å². The van der Waals surface area contributed by atoms with Gasteiger partial charge in [-0.25, -0.2) is 0 Å². The maximum absolute atomic E-state index is 11.5. The third kappa shape index (κ3) is 5.12. The second-order valence-electron chi connectivity index (χ2n) is 4.58. The Balaban J connectivity index is 2.84. The largest absolute Gasteiger partial charge is 0.330 e. The molecule has 19 heavy (non-hydrogen) atoms. The highest BCUT2D eigenvalue weighted by atomic mass is 16.1. The summed E-state index contributed by atoms with van der Waals surface area (Å²) in [7, 11) is 1.89. The lowest BCUT2D eigenvalue weighted by Crippen LogP contribution is -2.20. The Morgan fingerprint density at radius 1 is 1.47 bits per heavy atom. The van der Waals surface area contributed by atoms with Crippen LogP contribution in [0.1, 0.15) is 51.3 Å². The van der Waals surface area contributed by atoms with E-state index in [0.29, 0.717) is 6.42 Å². The first-order valence-corrected chi connectivity index (χ1v) is 6.75.